The summed E-state index contributed by atoms with van der Waals surface area (Å²) in [6.45, 7) is 7.22. The molecule has 4 rings (SSSR count). The minimum absolute atomic E-state index is 0.213. The van der Waals surface area contributed by atoms with Crippen LogP contribution in [0.5, 0.6) is 0 Å². The van der Waals surface area contributed by atoms with Crippen LogP contribution in [-0.4, -0.2) is 46.0 Å². The number of nitrogens with one attached hydrogen (secondary N) is 1. The van der Waals surface area contributed by atoms with Gasteiger partial charge < -0.3 is 10.6 Å². The van der Waals surface area contributed by atoms with Gasteiger partial charge in [-0.05, 0) is 49.9 Å². The van der Waals surface area contributed by atoms with Crippen LogP contribution < -0.4 is 10.6 Å². The van der Waals surface area contributed by atoms with Crippen molar-refractivity contribution < 1.29 is 0 Å². The highest BCUT2D eigenvalue weighted by Gasteiger charge is 2.21. The maximum Gasteiger partial charge on any atom is 0.129 e. The first kappa shape index (κ1) is 18.1. The standard InChI is InChI=1S/C21H23N7/c1-14(5-4-9-23-2)18-11-16-19(12-24-18)26-27-21(16)17-6-3-7-20(25-17)28-10-8-15(22)13-28/h3-7,9,11-12,15H,2,8,10,13,22H2,1H3,(H,26,27)/b9-4-,14-5+/t15-/m1/s1. The van der Waals surface area contributed by atoms with Gasteiger partial charge in [0.25, 0.3) is 0 Å². The number of nitrogens with zero attached hydrogens (tertiary/aromatic N) is 5. The van der Waals surface area contributed by atoms with Crippen molar-refractivity contribution in [3.8, 4) is 11.4 Å². The van der Waals surface area contributed by atoms with Crippen LogP contribution in [0, 0.1) is 0 Å². The Balaban J connectivity index is 1.71. The van der Waals surface area contributed by atoms with Crippen LogP contribution in [0.4, 0.5) is 5.82 Å². The van der Waals surface area contributed by atoms with Crippen molar-refractivity contribution in [1.29, 1.82) is 0 Å². The molecule has 1 aliphatic rings. The Bertz CT molecular complexity index is 1060. The molecule has 28 heavy (non-hydrogen) atoms. The van der Waals surface area contributed by atoms with E-state index in [2.05, 4.69) is 31.8 Å². The molecular formula is C21H23N7. The van der Waals surface area contributed by atoms with Gasteiger partial charge in [-0.2, -0.15) is 5.10 Å². The number of nitrogens with two attached hydrogens (primary N) is 1. The van der Waals surface area contributed by atoms with Gasteiger partial charge in [-0.25, -0.2) is 4.98 Å². The van der Waals surface area contributed by atoms with Gasteiger partial charge in [0, 0.05) is 30.7 Å². The van der Waals surface area contributed by atoms with E-state index < -0.39 is 0 Å². The zero-order valence-electron chi connectivity index (χ0n) is 15.8. The number of aromatic amines is 1. The van der Waals surface area contributed by atoms with Gasteiger partial charge in [0.2, 0.25) is 0 Å². The third kappa shape index (κ3) is 3.57. The zero-order valence-corrected chi connectivity index (χ0v) is 15.8. The molecule has 0 amide bonds. The largest absolute Gasteiger partial charge is 0.355 e. The summed E-state index contributed by atoms with van der Waals surface area (Å²) in [5.74, 6) is 0.939. The van der Waals surface area contributed by atoms with Gasteiger partial charge >= 0.3 is 0 Å². The van der Waals surface area contributed by atoms with E-state index in [0.29, 0.717) is 0 Å². The number of anilines is 1. The van der Waals surface area contributed by atoms with E-state index in [9.17, 15) is 0 Å². The Morgan fingerprint density at radius 3 is 3.11 bits per heavy atom. The number of allylic oxidation sites excluding steroid dienone is 3. The van der Waals surface area contributed by atoms with Gasteiger partial charge in [-0.15, -0.1) is 0 Å². The smallest absolute Gasteiger partial charge is 0.129 e. The molecule has 0 bridgehead atoms. The third-order valence-corrected chi connectivity index (χ3v) is 4.91. The molecule has 0 radical (unpaired) electrons. The quantitative estimate of drug-likeness (QED) is 0.529. The summed E-state index contributed by atoms with van der Waals surface area (Å²) in [4.78, 5) is 15.3. The molecule has 3 aromatic rings. The second kappa shape index (κ2) is 7.74. The summed E-state index contributed by atoms with van der Waals surface area (Å²) in [5.41, 5.74) is 10.5. The van der Waals surface area contributed by atoms with E-state index in [0.717, 1.165) is 58.9 Å². The van der Waals surface area contributed by atoms with Crippen molar-refractivity contribution in [2.75, 3.05) is 18.0 Å². The number of fused-ring (bicyclic) bond motifs is 1. The molecule has 0 unspecified atom stereocenters. The summed E-state index contributed by atoms with van der Waals surface area (Å²) in [7, 11) is 0. The topological polar surface area (TPSA) is 96.1 Å². The van der Waals surface area contributed by atoms with Crippen LogP contribution in [0.2, 0.25) is 0 Å². The molecule has 1 atom stereocenters. The van der Waals surface area contributed by atoms with E-state index in [1.807, 2.05) is 43.3 Å². The van der Waals surface area contributed by atoms with E-state index in [-0.39, 0.29) is 6.04 Å². The monoisotopic (exact) mass is 373 g/mol. The Kier molecular flexibility index (Phi) is 4.99. The fourth-order valence-electron chi connectivity index (χ4n) is 3.39. The van der Waals surface area contributed by atoms with Crippen molar-refractivity contribution in [3.63, 3.8) is 0 Å². The van der Waals surface area contributed by atoms with Crippen LogP contribution in [0.1, 0.15) is 19.0 Å². The first-order valence-electron chi connectivity index (χ1n) is 9.27. The number of aliphatic imine (C=N–C) groups is 1. The third-order valence-electron chi connectivity index (χ3n) is 4.91. The molecule has 0 saturated carbocycles. The Hall–Kier alpha value is -3.32. The van der Waals surface area contributed by atoms with Gasteiger partial charge in [-0.1, -0.05) is 12.1 Å². The van der Waals surface area contributed by atoms with Crippen LogP contribution in [0.15, 0.2) is 53.8 Å². The summed E-state index contributed by atoms with van der Waals surface area (Å²) in [6, 6.07) is 8.27. The molecule has 0 aromatic carbocycles. The number of aromatic nitrogens is 4. The van der Waals surface area contributed by atoms with Crippen LogP contribution >= 0.6 is 0 Å². The van der Waals surface area contributed by atoms with E-state index >= 15 is 0 Å². The maximum atomic E-state index is 6.04. The Labute approximate surface area is 163 Å². The first-order valence-corrected chi connectivity index (χ1v) is 9.27. The zero-order chi connectivity index (χ0) is 19.5. The molecular weight excluding hydrogens is 350 g/mol. The van der Waals surface area contributed by atoms with E-state index in [1.165, 1.54) is 0 Å². The lowest BCUT2D eigenvalue weighted by Crippen LogP contribution is -2.26. The lowest BCUT2D eigenvalue weighted by molar-refractivity contribution is 0.751. The molecule has 142 valence electrons. The SMILES string of the molecule is C=N/C=C\C=C(/C)c1cc2c(-c3cccc(N4CC[C@@H](N)C4)n3)n[nH]c2cn1. The van der Waals surface area contributed by atoms with Crippen LogP contribution in [0.25, 0.3) is 27.9 Å². The highest BCUT2D eigenvalue weighted by Crippen LogP contribution is 2.28. The molecule has 7 heteroatoms. The summed E-state index contributed by atoms with van der Waals surface area (Å²) < 4.78 is 0. The molecule has 1 saturated heterocycles. The maximum absolute atomic E-state index is 6.04. The molecule has 7 nitrogen and oxygen atoms in total. The summed E-state index contributed by atoms with van der Waals surface area (Å²) in [5, 5.41) is 8.55. The highest BCUT2D eigenvalue weighted by molar-refractivity contribution is 5.93. The number of hydrogen-bond donors (Lipinski definition) is 2. The van der Waals surface area contributed by atoms with Crippen molar-refractivity contribution >= 4 is 29.0 Å². The predicted octanol–water partition coefficient (Wildman–Crippen LogP) is 3.17. The van der Waals surface area contributed by atoms with Crippen molar-refractivity contribution in [1.82, 2.24) is 20.2 Å². The molecule has 1 fully saturated rings. The van der Waals surface area contributed by atoms with Crippen molar-refractivity contribution in [3.05, 3.63) is 54.5 Å². The molecule has 3 N–H and O–H groups in total. The predicted molar refractivity (Wildman–Crippen MR) is 114 cm³/mol. The van der Waals surface area contributed by atoms with Gasteiger partial charge in [-0.3, -0.25) is 15.1 Å². The second-order valence-corrected chi connectivity index (χ2v) is 6.94. The lowest BCUT2D eigenvalue weighted by Gasteiger charge is -2.17. The highest BCUT2D eigenvalue weighted by atomic mass is 15.2. The number of H-pyrrole nitrogens is 1. The molecule has 1 aliphatic heterocycles. The summed E-state index contributed by atoms with van der Waals surface area (Å²) in [6.07, 6.45) is 8.24. The van der Waals surface area contributed by atoms with Crippen LogP contribution in [-0.2, 0) is 0 Å². The number of rotatable bonds is 5. The second-order valence-electron chi connectivity index (χ2n) is 6.94. The Morgan fingerprint density at radius 2 is 2.32 bits per heavy atom. The minimum Gasteiger partial charge on any atom is -0.355 e. The fourth-order valence-corrected chi connectivity index (χ4v) is 3.39. The molecule has 0 spiro atoms. The van der Waals surface area contributed by atoms with Crippen LogP contribution in [0.3, 0.4) is 0 Å². The molecule has 3 aromatic heterocycles. The van der Waals surface area contributed by atoms with E-state index in [4.69, 9.17) is 10.7 Å². The number of pyridine rings is 2. The lowest BCUT2D eigenvalue weighted by atomic mass is 10.1. The fraction of sp³-hybridized carbons (Fsp3) is 0.238. The Morgan fingerprint density at radius 1 is 1.43 bits per heavy atom. The van der Waals surface area contributed by atoms with Gasteiger partial charge in [0.1, 0.15) is 11.5 Å². The normalized spacial score (nSPS) is 17.7. The van der Waals surface area contributed by atoms with E-state index in [1.54, 1.807) is 12.4 Å². The van der Waals surface area contributed by atoms with Crippen molar-refractivity contribution in [2.24, 2.45) is 10.7 Å². The minimum atomic E-state index is 0.213. The van der Waals surface area contributed by atoms with Gasteiger partial charge in [0.05, 0.1) is 23.1 Å². The molecule has 0 aliphatic carbocycles. The average Bonchev–Trinajstić information content (AvgIpc) is 3.34. The van der Waals surface area contributed by atoms with Gasteiger partial charge in [0.15, 0.2) is 0 Å². The van der Waals surface area contributed by atoms with Crippen molar-refractivity contribution in [2.45, 2.75) is 19.4 Å². The summed E-state index contributed by atoms with van der Waals surface area (Å²) >= 11 is 0. The molecule has 4 heterocycles. The number of hydrogen-bond acceptors (Lipinski definition) is 6. The average molecular weight is 373 g/mol. The first-order chi connectivity index (χ1) is 13.7.